The van der Waals surface area contributed by atoms with E-state index < -0.39 is 12.1 Å². The molecule has 0 aromatic heterocycles. The van der Waals surface area contributed by atoms with E-state index in [-0.39, 0.29) is 38.4 Å². The smallest absolute Gasteiger partial charge is 0.307 e. The largest absolute Gasteiger partial charge is 0.479 e. The minimum Gasteiger partial charge on any atom is -0.479 e. The Morgan fingerprint density at radius 1 is 1.32 bits per heavy atom. The van der Waals surface area contributed by atoms with Crippen LogP contribution in [0.4, 0.5) is 0 Å². The first kappa shape index (κ1) is 21.1. The second-order valence-electron chi connectivity index (χ2n) is 5.12. The van der Waals surface area contributed by atoms with Crippen molar-refractivity contribution < 1.29 is 19.1 Å². The van der Waals surface area contributed by atoms with Gasteiger partial charge in [0, 0.05) is 18.1 Å². The summed E-state index contributed by atoms with van der Waals surface area (Å²) >= 11 is 11.9. The Labute approximate surface area is 157 Å². The Hall–Kier alpha value is -1.97. The summed E-state index contributed by atoms with van der Waals surface area (Å²) in [6.07, 6.45) is -0.623. The van der Waals surface area contributed by atoms with E-state index in [0.29, 0.717) is 15.8 Å². The van der Waals surface area contributed by atoms with E-state index in [1.165, 1.54) is 11.0 Å². The molecule has 25 heavy (non-hydrogen) atoms. The molecule has 0 saturated heterocycles. The number of rotatable bonds is 9. The summed E-state index contributed by atoms with van der Waals surface area (Å²) in [4.78, 5) is 25.5. The van der Waals surface area contributed by atoms with Crippen LogP contribution in [0, 0.1) is 11.3 Å². The van der Waals surface area contributed by atoms with Crippen molar-refractivity contribution in [3.05, 3.63) is 28.2 Å². The predicted octanol–water partition coefficient (Wildman–Crippen LogP) is 3.46. The minimum atomic E-state index is -0.834. The number of nitrogens with zero attached hydrogens (tertiary/aromatic N) is 2. The Morgan fingerprint density at radius 2 is 2.04 bits per heavy atom. The van der Waals surface area contributed by atoms with E-state index in [9.17, 15) is 9.59 Å². The van der Waals surface area contributed by atoms with Gasteiger partial charge in [-0.3, -0.25) is 9.59 Å². The van der Waals surface area contributed by atoms with Crippen LogP contribution >= 0.6 is 23.2 Å². The molecule has 1 aromatic rings. The van der Waals surface area contributed by atoms with Gasteiger partial charge in [0.1, 0.15) is 5.75 Å². The average Bonchev–Trinajstić information content (AvgIpc) is 2.57. The number of hydrogen-bond donors (Lipinski definition) is 0. The number of ether oxygens (including phenoxy) is 2. The molecule has 1 unspecified atom stereocenters. The molecule has 6 nitrogen and oxygen atoms in total. The summed E-state index contributed by atoms with van der Waals surface area (Å²) < 4.78 is 10.5. The van der Waals surface area contributed by atoms with Gasteiger partial charge in [-0.1, -0.05) is 23.2 Å². The van der Waals surface area contributed by atoms with Crippen LogP contribution in [0.15, 0.2) is 18.2 Å². The van der Waals surface area contributed by atoms with Crippen LogP contribution < -0.4 is 4.74 Å². The Bertz CT molecular complexity index is 646. The molecule has 0 heterocycles. The zero-order valence-corrected chi connectivity index (χ0v) is 15.6. The zero-order valence-electron chi connectivity index (χ0n) is 14.1. The van der Waals surface area contributed by atoms with Crippen LogP contribution in [0.5, 0.6) is 5.75 Å². The summed E-state index contributed by atoms with van der Waals surface area (Å²) in [6.45, 7) is 3.93. The maximum Gasteiger partial charge on any atom is 0.307 e. The molecular weight excluding hydrogens is 367 g/mol. The molecule has 1 rings (SSSR count). The zero-order chi connectivity index (χ0) is 18.8. The van der Waals surface area contributed by atoms with Gasteiger partial charge in [-0.25, -0.2) is 0 Å². The summed E-state index contributed by atoms with van der Waals surface area (Å²) in [7, 11) is 0. The van der Waals surface area contributed by atoms with E-state index in [0.717, 1.165) is 0 Å². The fourth-order valence-corrected chi connectivity index (χ4v) is 2.50. The molecule has 0 radical (unpaired) electrons. The lowest BCUT2D eigenvalue weighted by Gasteiger charge is -2.25. The minimum absolute atomic E-state index is 0.0550. The van der Waals surface area contributed by atoms with Gasteiger partial charge in [-0.2, -0.15) is 5.26 Å². The van der Waals surface area contributed by atoms with Crippen LogP contribution in [0.25, 0.3) is 0 Å². The van der Waals surface area contributed by atoms with Crippen LogP contribution in [0.2, 0.25) is 10.0 Å². The van der Waals surface area contributed by atoms with Crippen molar-refractivity contribution in [1.29, 1.82) is 5.26 Å². The molecule has 136 valence electrons. The topological polar surface area (TPSA) is 79.6 Å². The maximum atomic E-state index is 12.6. The third kappa shape index (κ3) is 7.20. The van der Waals surface area contributed by atoms with Crippen molar-refractivity contribution in [3.63, 3.8) is 0 Å². The fourth-order valence-electron chi connectivity index (χ4n) is 2.05. The van der Waals surface area contributed by atoms with Gasteiger partial charge in [0.2, 0.25) is 0 Å². The number of benzene rings is 1. The third-order valence-electron chi connectivity index (χ3n) is 3.24. The highest BCUT2D eigenvalue weighted by Crippen LogP contribution is 2.28. The van der Waals surface area contributed by atoms with Crippen LogP contribution in [0.1, 0.15) is 26.7 Å². The summed E-state index contributed by atoms with van der Waals surface area (Å²) in [5.74, 6) is -0.408. The number of nitriles is 1. The van der Waals surface area contributed by atoms with E-state index in [1.807, 2.05) is 6.07 Å². The normalized spacial score (nSPS) is 11.3. The number of esters is 1. The highest BCUT2D eigenvalue weighted by Gasteiger charge is 2.23. The molecule has 0 bridgehead atoms. The summed E-state index contributed by atoms with van der Waals surface area (Å²) in [5, 5.41) is 9.51. The molecule has 0 aliphatic heterocycles. The van der Waals surface area contributed by atoms with E-state index >= 15 is 0 Å². The van der Waals surface area contributed by atoms with Crippen molar-refractivity contribution in [3.8, 4) is 11.8 Å². The van der Waals surface area contributed by atoms with Gasteiger partial charge in [0.05, 0.1) is 30.5 Å². The number of amides is 1. The molecule has 0 N–H and O–H groups in total. The van der Waals surface area contributed by atoms with Crippen molar-refractivity contribution in [2.45, 2.75) is 32.8 Å². The van der Waals surface area contributed by atoms with Crippen LogP contribution in [-0.4, -0.2) is 42.6 Å². The fraction of sp³-hybridized carbons (Fsp3) is 0.471. The highest BCUT2D eigenvalue weighted by atomic mass is 35.5. The monoisotopic (exact) mass is 386 g/mol. The molecule has 0 fully saturated rings. The molecular formula is C17H20Cl2N2O4. The second kappa shape index (κ2) is 10.8. The lowest BCUT2D eigenvalue weighted by molar-refractivity contribution is -0.145. The molecule has 0 spiro atoms. The summed E-state index contributed by atoms with van der Waals surface area (Å²) in [6, 6.07) is 6.68. The molecule has 0 aliphatic rings. The third-order valence-corrected chi connectivity index (χ3v) is 3.77. The first-order valence-electron chi connectivity index (χ1n) is 7.82. The molecule has 0 saturated carbocycles. The predicted molar refractivity (Wildman–Crippen MR) is 94.6 cm³/mol. The number of carbonyl (C=O) groups is 2. The highest BCUT2D eigenvalue weighted by molar-refractivity contribution is 6.35. The molecule has 8 heteroatoms. The first-order chi connectivity index (χ1) is 11.9. The van der Waals surface area contributed by atoms with Crippen molar-refractivity contribution in [2.75, 3.05) is 19.7 Å². The second-order valence-corrected chi connectivity index (χ2v) is 5.97. The van der Waals surface area contributed by atoms with E-state index in [1.54, 1.807) is 26.0 Å². The van der Waals surface area contributed by atoms with Crippen molar-refractivity contribution in [2.24, 2.45) is 0 Å². The summed E-state index contributed by atoms with van der Waals surface area (Å²) in [5.41, 5.74) is 0. The van der Waals surface area contributed by atoms with Crippen LogP contribution in [0.3, 0.4) is 0 Å². The average molecular weight is 387 g/mol. The van der Waals surface area contributed by atoms with E-state index in [2.05, 4.69) is 0 Å². The van der Waals surface area contributed by atoms with Gasteiger partial charge < -0.3 is 14.4 Å². The Kier molecular flexibility index (Phi) is 9.11. The lowest BCUT2D eigenvalue weighted by atomic mass is 10.2. The molecule has 1 amide bonds. The number of hydrogen-bond acceptors (Lipinski definition) is 5. The van der Waals surface area contributed by atoms with Gasteiger partial charge in [-0.15, -0.1) is 0 Å². The Morgan fingerprint density at radius 3 is 2.64 bits per heavy atom. The van der Waals surface area contributed by atoms with Crippen LogP contribution in [-0.2, 0) is 14.3 Å². The van der Waals surface area contributed by atoms with Crippen molar-refractivity contribution in [1.82, 2.24) is 4.90 Å². The Balaban J connectivity index is 2.73. The number of halogens is 2. The SMILES string of the molecule is CCOC(=O)CCN(CCC#N)C(=O)C(C)Oc1ccc(Cl)cc1Cl. The van der Waals surface area contributed by atoms with Crippen molar-refractivity contribution >= 4 is 35.1 Å². The lowest BCUT2D eigenvalue weighted by Crippen LogP contribution is -2.42. The van der Waals surface area contributed by atoms with E-state index in [4.69, 9.17) is 37.9 Å². The first-order valence-corrected chi connectivity index (χ1v) is 8.57. The molecule has 1 atom stereocenters. The number of carbonyl (C=O) groups excluding carboxylic acids is 2. The molecule has 1 aromatic carbocycles. The standard InChI is InChI=1S/C17H20Cl2N2O4/c1-3-24-16(22)7-10-21(9-4-8-20)17(23)12(2)25-15-6-5-13(18)11-14(15)19/h5-6,11-12H,3-4,7,9-10H2,1-2H3. The maximum absolute atomic E-state index is 12.6. The van der Waals surface area contributed by atoms with Gasteiger partial charge in [-0.05, 0) is 32.0 Å². The van der Waals surface area contributed by atoms with Gasteiger partial charge in [0.15, 0.2) is 6.10 Å². The molecule has 0 aliphatic carbocycles. The quantitative estimate of drug-likeness (QED) is 0.607. The van der Waals surface area contributed by atoms with Gasteiger partial charge >= 0.3 is 5.97 Å². The van der Waals surface area contributed by atoms with Gasteiger partial charge in [0.25, 0.3) is 5.91 Å².